The molecule has 34 heavy (non-hydrogen) atoms. The number of piperazine rings is 1. The summed E-state index contributed by atoms with van der Waals surface area (Å²) in [4.78, 5) is 17.8. The summed E-state index contributed by atoms with van der Waals surface area (Å²) in [5, 5.41) is 9.57. The molecule has 1 atom stereocenters. The number of carbonyl (C=O) groups excluding carboxylic acids is 1. The first-order valence-electron chi connectivity index (χ1n) is 12.8. The minimum absolute atomic E-state index is 0.151. The Bertz CT molecular complexity index is 1140. The van der Waals surface area contributed by atoms with E-state index in [1.165, 1.54) is 31.2 Å². The van der Waals surface area contributed by atoms with E-state index >= 15 is 0 Å². The Labute approximate surface area is 202 Å². The molecule has 1 saturated heterocycles. The van der Waals surface area contributed by atoms with Crippen LogP contribution in [0.2, 0.25) is 0 Å². The molecule has 3 aromatic rings. The van der Waals surface area contributed by atoms with Crippen LogP contribution in [0.4, 0.5) is 0 Å². The molecule has 2 heterocycles. The first kappa shape index (κ1) is 22.9. The molecule has 0 radical (unpaired) electrons. The maximum atomic E-state index is 13.2. The Morgan fingerprint density at radius 3 is 2.47 bits per heavy atom. The average molecular weight is 457 g/mol. The number of hydrogen-bond acceptors (Lipinski definition) is 3. The summed E-state index contributed by atoms with van der Waals surface area (Å²) in [5.74, 6) is 0.151. The van der Waals surface area contributed by atoms with Crippen LogP contribution in [-0.4, -0.2) is 58.2 Å². The third-order valence-corrected chi connectivity index (χ3v) is 7.69. The van der Waals surface area contributed by atoms with Crippen molar-refractivity contribution in [1.82, 2.24) is 14.4 Å². The van der Waals surface area contributed by atoms with Crippen molar-refractivity contribution in [3.05, 3.63) is 71.9 Å². The highest BCUT2D eigenvalue weighted by Gasteiger charge is 2.28. The van der Waals surface area contributed by atoms with E-state index in [4.69, 9.17) is 5.41 Å². The molecule has 2 aliphatic rings. The van der Waals surface area contributed by atoms with Gasteiger partial charge in [-0.1, -0.05) is 43.2 Å². The SMILES string of the molecule is CC(CC(=N)Cc1ccccc1)n1ccc2cc(C(=O)N3CCN(C4CCCC4)CC3)ccc21. The van der Waals surface area contributed by atoms with Gasteiger partial charge in [0.25, 0.3) is 5.91 Å². The lowest BCUT2D eigenvalue weighted by Gasteiger charge is -2.38. The molecule has 5 rings (SSSR count). The zero-order valence-electron chi connectivity index (χ0n) is 20.2. The average Bonchev–Trinajstić information content (AvgIpc) is 3.54. The molecule has 2 aromatic carbocycles. The van der Waals surface area contributed by atoms with Crippen LogP contribution in [-0.2, 0) is 6.42 Å². The molecule has 1 unspecified atom stereocenters. The van der Waals surface area contributed by atoms with Gasteiger partial charge in [0.1, 0.15) is 0 Å². The minimum atomic E-state index is 0.151. The molecule has 0 bridgehead atoms. The van der Waals surface area contributed by atoms with E-state index in [9.17, 15) is 4.79 Å². The van der Waals surface area contributed by atoms with E-state index in [2.05, 4.69) is 46.9 Å². The quantitative estimate of drug-likeness (QED) is 0.474. The molecule has 178 valence electrons. The number of fused-ring (bicyclic) bond motifs is 1. The molecule has 1 saturated carbocycles. The van der Waals surface area contributed by atoms with Gasteiger partial charge in [-0.15, -0.1) is 0 Å². The number of aromatic nitrogens is 1. The van der Waals surface area contributed by atoms with Crippen molar-refractivity contribution in [2.45, 2.75) is 57.5 Å². The van der Waals surface area contributed by atoms with Gasteiger partial charge in [-0.25, -0.2) is 0 Å². The van der Waals surface area contributed by atoms with Crippen molar-refractivity contribution in [2.75, 3.05) is 26.2 Å². The van der Waals surface area contributed by atoms with Crippen LogP contribution < -0.4 is 0 Å². The second kappa shape index (κ2) is 10.1. The molecule has 2 fully saturated rings. The van der Waals surface area contributed by atoms with Gasteiger partial charge in [0.15, 0.2) is 0 Å². The van der Waals surface area contributed by atoms with Gasteiger partial charge in [0.05, 0.1) is 0 Å². The highest BCUT2D eigenvalue weighted by molar-refractivity contribution is 5.98. The second-order valence-corrected chi connectivity index (χ2v) is 10.1. The Kier molecular flexibility index (Phi) is 6.82. The zero-order valence-corrected chi connectivity index (χ0v) is 20.2. The normalized spacial score (nSPS) is 18.4. The zero-order chi connectivity index (χ0) is 23.5. The van der Waals surface area contributed by atoms with Crippen LogP contribution in [0.1, 0.15) is 61.0 Å². The van der Waals surface area contributed by atoms with Gasteiger partial charge in [0, 0.05) is 79.5 Å². The Morgan fingerprint density at radius 2 is 1.74 bits per heavy atom. The molecule has 1 aliphatic carbocycles. The number of hydrogen-bond donors (Lipinski definition) is 1. The van der Waals surface area contributed by atoms with Crippen molar-refractivity contribution in [3.63, 3.8) is 0 Å². The second-order valence-electron chi connectivity index (χ2n) is 10.1. The largest absolute Gasteiger partial charge is 0.344 e. The number of rotatable bonds is 7. The van der Waals surface area contributed by atoms with E-state index in [1.807, 2.05) is 35.2 Å². The van der Waals surface area contributed by atoms with Gasteiger partial charge in [-0.3, -0.25) is 9.69 Å². The van der Waals surface area contributed by atoms with Gasteiger partial charge in [-0.05, 0) is 49.6 Å². The summed E-state index contributed by atoms with van der Waals surface area (Å²) < 4.78 is 2.24. The summed E-state index contributed by atoms with van der Waals surface area (Å²) in [6.45, 7) is 5.83. The standard InChI is InChI=1S/C29H36N4O/c1-22(19-26(30)20-23-7-3-2-4-8-23)33-14-13-24-21-25(11-12-28(24)33)29(34)32-17-15-31(16-18-32)27-9-5-6-10-27/h2-4,7-8,11-14,21-22,27,30H,5-6,9-10,15-20H2,1H3. The smallest absolute Gasteiger partial charge is 0.253 e. The summed E-state index contributed by atoms with van der Waals surface area (Å²) in [5.41, 5.74) is 3.83. The molecular weight excluding hydrogens is 420 g/mol. The lowest BCUT2D eigenvalue weighted by Crippen LogP contribution is -2.51. The Morgan fingerprint density at radius 1 is 1.00 bits per heavy atom. The molecule has 0 spiro atoms. The molecule has 1 amide bonds. The summed E-state index contributed by atoms with van der Waals surface area (Å²) in [7, 11) is 0. The van der Waals surface area contributed by atoms with Crippen LogP contribution in [0.15, 0.2) is 60.8 Å². The summed E-state index contributed by atoms with van der Waals surface area (Å²) in [6.07, 6.45) is 8.87. The van der Waals surface area contributed by atoms with Crippen LogP contribution in [0.25, 0.3) is 10.9 Å². The van der Waals surface area contributed by atoms with Gasteiger partial charge in [0.2, 0.25) is 0 Å². The first-order valence-corrected chi connectivity index (χ1v) is 12.8. The maximum Gasteiger partial charge on any atom is 0.253 e. The van der Waals surface area contributed by atoms with Gasteiger partial charge >= 0.3 is 0 Å². The van der Waals surface area contributed by atoms with Crippen molar-refractivity contribution in [2.24, 2.45) is 0 Å². The number of benzene rings is 2. The van der Waals surface area contributed by atoms with Crippen molar-refractivity contribution in [1.29, 1.82) is 5.41 Å². The van der Waals surface area contributed by atoms with Crippen molar-refractivity contribution in [3.8, 4) is 0 Å². The van der Waals surface area contributed by atoms with E-state index < -0.39 is 0 Å². The first-order chi connectivity index (χ1) is 16.6. The fourth-order valence-electron chi connectivity index (χ4n) is 5.79. The highest BCUT2D eigenvalue weighted by Crippen LogP contribution is 2.26. The van der Waals surface area contributed by atoms with E-state index in [0.29, 0.717) is 12.8 Å². The lowest BCUT2D eigenvalue weighted by atomic mass is 10.0. The lowest BCUT2D eigenvalue weighted by molar-refractivity contribution is 0.0573. The summed E-state index contributed by atoms with van der Waals surface area (Å²) in [6, 6.07) is 19.4. The monoisotopic (exact) mass is 456 g/mol. The van der Waals surface area contributed by atoms with Crippen LogP contribution in [0.5, 0.6) is 0 Å². The van der Waals surface area contributed by atoms with Gasteiger partial charge < -0.3 is 14.9 Å². The molecular formula is C29H36N4O. The van der Waals surface area contributed by atoms with Gasteiger partial charge in [-0.2, -0.15) is 0 Å². The molecule has 1 aromatic heterocycles. The van der Waals surface area contributed by atoms with E-state index in [-0.39, 0.29) is 11.9 Å². The molecule has 5 nitrogen and oxygen atoms in total. The van der Waals surface area contributed by atoms with E-state index in [0.717, 1.165) is 54.4 Å². The fraction of sp³-hybridized carbons (Fsp3) is 0.448. The van der Waals surface area contributed by atoms with Crippen LogP contribution >= 0.6 is 0 Å². The number of carbonyl (C=O) groups is 1. The number of amides is 1. The molecule has 1 N–H and O–H groups in total. The topological polar surface area (TPSA) is 52.3 Å². The highest BCUT2D eigenvalue weighted by atomic mass is 16.2. The molecule has 5 heteroatoms. The third-order valence-electron chi connectivity index (χ3n) is 7.69. The number of nitrogens with zero attached hydrogens (tertiary/aromatic N) is 3. The predicted octanol–water partition coefficient (Wildman–Crippen LogP) is 5.56. The van der Waals surface area contributed by atoms with Crippen LogP contribution in [0.3, 0.4) is 0 Å². The number of nitrogens with one attached hydrogen (secondary N) is 1. The maximum absolute atomic E-state index is 13.2. The summed E-state index contributed by atoms with van der Waals surface area (Å²) >= 11 is 0. The Balaban J connectivity index is 1.21. The van der Waals surface area contributed by atoms with Crippen molar-refractivity contribution >= 4 is 22.5 Å². The predicted molar refractivity (Wildman–Crippen MR) is 139 cm³/mol. The minimum Gasteiger partial charge on any atom is -0.344 e. The molecule has 1 aliphatic heterocycles. The van der Waals surface area contributed by atoms with Crippen LogP contribution in [0, 0.1) is 5.41 Å². The Hall–Kier alpha value is -2.92. The fourth-order valence-corrected chi connectivity index (χ4v) is 5.79. The van der Waals surface area contributed by atoms with E-state index in [1.54, 1.807) is 0 Å². The van der Waals surface area contributed by atoms with Crippen molar-refractivity contribution < 1.29 is 4.79 Å². The third kappa shape index (κ3) is 4.95.